The first kappa shape index (κ1) is 17.4. The third-order valence-electron chi connectivity index (χ3n) is 4.81. The molecule has 0 aromatic heterocycles. The Hall–Kier alpha value is -1.44. The van der Waals surface area contributed by atoms with Gasteiger partial charge in [-0.15, -0.1) is 0 Å². The van der Waals surface area contributed by atoms with E-state index in [1.165, 1.54) is 7.11 Å². The van der Waals surface area contributed by atoms with E-state index in [2.05, 4.69) is 4.90 Å². The first-order valence-corrected chi connectivity index (χ1v) is 9.84. The number of likely N-dealkylation sites (tertiary alicyclic amines) is 1. The zero-order valence-corrected chi connectivity index (χ0v) is 14.8. The van der Waals surface area contributed by atoms with Crippen LogP contribution in [0.25, 0.3) is 0 Å². The molecular formula is C17H24N2O4S. The van der Waals surface area contributed by atoms with Gasteiger partial charge in [-0.3, -0.25) is 9.69 Å². The van der Waals surface area contributed by atoms with Crippen molar-refractivity contribution in [3.05, 3.63) is 29.8 Å². The third-order valence-corrected chi connectivity index (χ3v) is 6.71. The minimum atomic E-state index is -3.38. The van der Waals surface area contributed by atoms with E-state index in [-0.39, 0.29) is 11.9 Å². The lowest BCUT2D eigenvalue weighted by Crippen LogP contribution is -2.28. The highest BCUT2D eigenvalue weighted by Crippen LogP contribution is 2.24. The molecule has 0 aliphatic carbocycles. The molecule has 0 saturated carbocycles. The molecule has 7 heteroatoms. The number of rotatable bonds is 5. The van der Waals surface area contributed by atoms with Crippen LogP contribution in [0.4, 0.5) is 0 Å². The predicted octanol–water partition coefficient (Wildman–Crippen LogP) is 1.47. The Kier molecular flexibility index (Phi) is 5.22. The molecule has 3 rings (SSSR count). The largest absolute Gasteiger partial charge is 0.469 e. The predicted molar refractivity (Wildman–Crippen MR) is 89.8 cm³/mol. The zero-order valence-electron chi connectivity index (χ0n) is 14.0. The zero-order chi connectivity index (χ0) is 17.2. The van der Waals surface area contributed by atoms with Gasteiger partial charge >= 0.3 is 5.97 Å². The number of methoxy groups -OCH3 is 1. The number of esters is 1. The molecule has 24 heavy (non-hydrogen) atoms. The normalized spacial score (nSPS) is 22.8. The van der Waals surface area contributed by atoms with Crippen LogP contribution in [0.1, 0.15) is 24.8 Å². The van der Waals surface area contributed by atoms with Gasteiger partial charge in [0.2, 0.25) is 10.0 Å². The molecule has 132 valence electrons. The molecule has 6 nitrogen and oxygen atoms in total. The van der Waals surface area contributed by atoms with E-state index in [0.717, 1.165) is 31.4 Å². The SMILES string of the molecule is COC(=O)C1CCN(Cc2cccc(S(=O)(=O)N3CCCC3)c2)C1. The Balaban J connectivity index is 1.69. The van der Waals surface area contributed by atoms with Crippen LogP contribution in [0, 0.1) is 5.92 Å². The molecule has 2 aliphatic heterocycles. The molecule has 0 spiro atoms. The number of nitrogens with zero attached hydrogens (tertiary/aromatic N) is 2. The first-order chi connectivity index (χ1) is 11.5. The highest BCUT2D eigenvalue weighted by molar-refractivity contribution is 7.89. The molecule has 1 unspecified atom stereocenters. The van der Waals surface area contributed by atoms with E-state index in [4.69, 9.17) is 4.74 Å². The number of hydrogen-bond acceptors (Lipinski definition) is 5. The van der Waals surface area contributed by atoms with Gasteiger partial charge in [-0.25, -0.2) is 8.42 Å². The molecule has 0 radical (unpaired) electrons. The summed E-state index contributed by atoms with van der Waals surface area (Å²) in [6.07, 6.45) is 2.65. The number of benzene rings is 1. The molecular weight excluding hydrogens is 328 g/mol. The van der Waals surface area contributed by atoms with E-state index in [0.29, 0.717) is 31.1 Å². The number of carbonyl (C=O) groups is 1. The van der Waals surface area contributed by atoms with Crippen LogP contribution in [-0.4, -0.2) is 56.9 Å². The van der Waals surface area contributed by atoms with Crippen molar-refractivity contribution in [3.63, 3.8) is 0 Å². The van der Waals surface area contributed by atoms with Crippen molar-refractivity contribution in [3.8, 4) is 0 Å². The minimum absolute atomic E-state index is 0.0773. The van der Waals surface area contributed by atoms with Gasteiger partial charge in [-0.1, -0.05) is 12.1 Å². The summed E-state index contributed by atoms with van der Waals surface area (Å²) in [7, 11) is -1.97. The van der Waals surface area contributed by atoms with Crippen molar-refractivity contribution < 1.29 is 17.9 Å². The average Bonchev–Trinajstić information content (AvgIpc) is 3.26. The van der Waals surface area contributed by atoms with E-state index >= 15 is 0 Å². The molecule has 2 aliphatic rings. The van der Waals surface area contributed by atoms with Crippen molar-refractivity contribution >= 4 is 16.0 Å². The topological polar surface area (TPSA) is 66.9 Å². The van der Waals surface area contributed by atoms with E-state index < -0.39 is 10.0 Å². The highest BCUT2D eigenvalue weighted by Gasteiger charge is 2.30. The van der Waals surface area contributed by atoms with Crippen molar-refractivity contribution in [2.24, 2.45) is 5.92 Å². The maximum atomic E-state index is 12.7. The highest BCUT2D eigenvalue weighted by atomic mass is 32.2. The van der Waals surface area contributed by atoms with Crippen molar-refractivity contribution in [2.75, 3.05) is 33.3 Å². The van der Waals surface area contributed by atoms with Gasteiger partial charge in [0.1, 0.15) is 0 Å². The van der Waals surface area contributed by atoms with Crippen LogP contribution in [0.5, 0.6) is 0 Å². The van der Waals surface area contributed by atoms with Crippen molar-refractivity contribution in [2.45, 2.75) is 30.7 Å². The van der Waals surface area contributed by atoms with Gasteiger partial charge in [0, 0.05) is 26.2 Å². The van der Waals surface area contributed by atoms with E-state index in [9.17, 15) is 13.2 Å². The summed E-state index contributed by atoms with van der Waals surface area (Å²) in [6.45, 7) is 3.36. The van der Waals surface area contributed by atoms with E-state index in [1.54, 1.807) is 22.5 Å². The van der Waals surface area contributed by atoms with E-state index in [1.807, 2.05) is 6.07 Å². The Morgan fingerprint density at radius 3 is 2.71 bits per heavy atom. The summed E-state index contributed by atoms with van der Waals surface area (Å²) >= 11 is 0. The van der Waals surface area contributed by atoms with Gasteiger partial charge < -0.3 is 4.74 Å². The molecule has 0 N–H and O–H groups in total. The van der Waals surface area contributed by atoms with Crippen LogP contribution >= 0.6 is 0 Å². The minimum Gasteiger partial charge on any atom is -0.469 e. The standard InChI is InChI=1S/C17H24N2O4S/c1-23-17(20)15-7-10-18(13-15)12-14-5-4-6-16(11-14)24(21,22)19-8-2-3-9-19/h4-6,11,15H,2-3,7-10,12-13H2,1H3. The maximum absolute atomic E-state index is 12.7. The first-order valence-electron chi connectivity index (χ1n) is 8.40. The average molecular weight is 352 g/mol. The summed E-state index contributed by atoms with van der Waals surface area (Å²) in [5.74, 6) is -0.241. The molecule has 2 heterocycles. The second-order valence-electron chi connectivity index (χ2n) is 6.50. The third kappa shape index (κ3) is 3.63. The van der Waals surface area contributed by atoms with Crippen LogP contribution in [0.2, 0.25) is 0 Å². The van der Waals surface area contributed by atoms with Gasteiger partial charge in [-0.2, -0.15) is 4.31 Å². The lowest BCUT2D eigenvalue weighted by Gasteiger charge is -2.18. The second-order valence-corrected chi connectivity index (χ2v) is 8.44. The number of ether oxygens (including phenoxy) is 1. The fourth-order valence-corrected chi connectivity index (χ4v) is 5.06. The van der Waals surface area contributed by atoms with Crippen molar-refractivity contribution in [1.82, 2.24) is 9.21 Å². The molecule has 0 bridgehead atoms. The molecule has 2 fully saturated rings. The molecule has 1 aromatic carbocycles. The van der Waals surface area contributed by atoms with Crippen LogP contribution in [-0.2, 0) is 26.1 Å². The Labute approximate surface area is 143 Å². The summed E-state index contributed by atoms with van der Waals surface area (Å²) in [5.41, 5.74) is 0.959. The Morgan fingerprint density at radius 1 is 1.25 bits per heavy atom. The summed E-state index contributed by atoms with van der Waals surface area (Å²) in [6, 6.07) is 7.16. The lowest BCUT2D eigenvalue weighted by molar-refractivity contribution is -0.144. The lowest BCUT2D eigenvalue weighted by atomic mass is 10.1. The smallest absolute Gasteiger partial charge is 0.310 e. The quantitative estimate of drug-likeness (QED) is 0.751. The van der Waals surface area contributed by atoms with Crippen LogP contribution in [0.15, 0.2) is 29.2 Å². The molecule has 1 atom stereocenters. The fraction of sp³-hybridized carbons (Fsp3) is 0.588. The summed E-state index contributed by atoms with van der Waals surface area (Å²) in [4.78, 5) is 14.1. The Morgan fingerprint density at radius 2 is 2.00 bits per heavy atom. The number of sulfonamides is 1. The summed E-state index contributed by atoms with van der Waals surface area (Å²) < 4.78 is 31.7. The summed E-state index contributed by atoms with van der Waals surface area (Å²) in [5, 5.41) is 0. The van der Waals surface area contributed by atoms with Gasteiger partial charge in [-0.05, 0) is 43.5 Å². The second kappa shape index (κ2) is 7.21. The number of hydrogen-bond donors (Lipinski definition) is 0. The van der Waals surface area contributed by atoms with Gasteiger partial charge in [0.15, 0.2) is 0 Å². The van der Waals surface area contributed by atoms with Crippen LogP contribution < -0.4 is 0 Å². The van der Waals surface area contributed by atoms with Crippen LogP contribution in [0.3, 0.4) is 0 Å². The molecule has 2 saturated heterocycles. The molecule has 1 aromatic rings. The van der Waals surface area contributed by atoms with Gasteiger partial charge in [0.25, 0.3) is 0 Å². The Bertz CT molecular complexity index is 698. The fourth-order valence-electron chi connectivity index (χ4n) is 3.48. The van der Waals surface area contributed by atoms with Gasteiger partial charge in [0.05, 0.1) is 17.9 Å². The monoisotopic (exact) mass is 352 g/mol. The maximum Gasteiger partial charge on any atom is 0.310 e. The molecule has 0 amide bonds. The number of carbonyl (C=O) groups excluding carboxylic acids is 1. The van der Waals surface area contributed by atoms with Crippen molar-refractivity contribution in [1.29, 1.82) is 0 Å².